The Kier molecular flexibility index (Phi) is 4.90. The third kappa shape index (κ3) is 4.03. The van der Waals surface area contributed by atoms with Crippen molar-refractivity contribution in [1.29, 1.82) is 0 Å². The average molecular weight is 240 g/mol. The highest BCUT2D eigenvalue weighted by Crippen LogP contribution is 2.18. The molecule has 0 heterocycles. The summed E-state index contributed by atoms with van der Waals surface area (Å²) >= 11 is 0. The van der Waals surface area contributed by atoms with Crippen molar-refractivity contribution in [1.82, 2.24) is 0 Å². The first-order valence-corrected chi connectivity index (χ1v) is 5.45. The maximum Gasteiger partial charge on any atom is 0.411 e. The Morgan fingerprint density at radius 1 is 1.53 bits per heavy atom. The van der Waals surface area contributed by atoms with Crippen LogP contribution in [0.3, 0.4) is 0 Å². The van der Waals surface area contributed by atoms with Crippen LogP contribution < -0.4 is 11.1 Å². The number of nitrogens with one attached hydrogen (secondary N) is 1. The number of amides is 1. The maximum atomic E-state index is 13.3. The first-order valence-electron chi connectivity index (χ1n) is 5.45. The number of carbonyl (C=O) groups excluding carboxylic acids is 1. The Morgan fingerprint density at radius 2 is 2.24 bits per heavy atom. The molecule has 0 fully saturated rings. The summed E-state index contributed by atoms with van der Waals surface area (Å²) in [5.74, 6) is -0.184. The molecule has 17 heavy (non-hydrogen) atoms. The molecule has 4 nitrogen and oxygen atoms in total. The zero-order valence-corrected chi connectivity index (χ0v) is 10.00. The van der Waals surface area contributed by atoms with Gasteiger partial charge < -0.3 is 10.5 Å². The summed E-state index contributed by atoms with van der Waals surface area (Å²) in [6.07, 6.45) is -0.598. The molecular weight excluding hydrogens is 223 g/mol. The van der Waals surface area contributed by atoms with E-state index in [0.717, 1.165) is 0 Å². The number of carbonyl (C=O) groups is 1. The van der Waals surface area contributed by atoms with Crippen LogP contribution in [0.4, 0.5) is 14.9 Å². The van der Waals surface area contributed by atoms with Crippen molar-refractivity contribution in [2.75, 3.05) is 11.9 Å². The summed E-state index contributed by atoms with van der Waals surface area (Å²) in [5, 5.41) is 2.48. The summed E-state index contributed by atoms with van der Waals surface area (Å²) in [7, 11) is 0. The summed E-state index contributed by atoms with van der Waals surface area (Å²) < 4.78 is 18.3. The molecule has 0 aliphatic carbocycles. The molecule has 1 aromatic rings. The SMILES string of the molecule is CC(C)COC(=O)Nc1cccc(F)c1CN. The van der Waals surface area contributed by atoms with Gasteiger partial charge in [-0.2, -0.15) is 0 Å². The number of anilines is 1. The highest BCUT2D eigenvalue weighted by molar-refractivity contribution is 5.85. The molecule has 1 rings (SSSR count). The van der Waals surface area contributed by atoms with E-state index in [0.29, 0.717) is 12.3 Å². The van der Waals surface area contributed by atoms with Gasteiger partial charge in [0.05, 0.1) is 12.3 Å². The second-order valence-electron chi connectivity index (χ2n) is 4.09. The van der Waals surface area contributed by atoms with E-state index < -0.39 is 11.9 Å². The summed E-state index contributed by atoms with van der Waals surface area (Å²) in [6, 6.07) is 4.39. The van der Waals surface area contributed by atoms with Gasteiger partial charge >= 0.3 is 6.09 Å². The maximum absolute atomic E-state index is 13.3. The van der Waals surface area contributed by atoms with Gasteiger partial charge in [0.2, 0.25) is 0 Å². The lowest BCUT2D eigenvalue weighted by Crippen LogP contribution is -2.18. The zero-order chi connectivity index (χ0) is 12.8. The Labute approximate surface area is 100.0 Å². The number of hydrogen-bond acceptors (Lipinski definition) is 3. The second kappa shape index (κ2) is 6.20. The highest BCUT2D eigenvalue weighted by atomic mass is 19.1. The standard InChI is InChI=1S/C12H17FN2O2/c1-8(2)7-17-12(16)15-11-5-3-4-10(13)9(11)6-14/h3-5,8H,6-7,14H2,1-2H3,(H,15,16). The number of nitrogens with two attached hydrogens (primary N) is 1. The van der Waals surface area contributed by atoms with Crippen molar-refractivity contribution >= 4 is 11.8 Å². The van der Waals surface area contributed by atoms with Crippen LogP contribution in [0.25, 0.3) is 0 Å². The van der Waals surface area contributed by atoms with E-state index in [9.17, 15) is 9.18 Å². The van der Waals surface area contributed by atoms with Crippen LogP contribution in [0.5, 0.6) is 0 Å². The minimum atomic E-state index is -0.598. The van der Waals surface area contributed by atoms with Gasteiger partial charge in [-0.1, -0.05) is 19.9 Å². The first kappa shape index (κ1) is 13.4. The number of benzene rings is 1. The molecule has 5 heteroatoms. The van der Waals surface area contributed by atoms with Crippen LogP contribution in [0.1, 0.15) is 19.4 Å². The molecule has 0 aliphatic heterocycles. The highest BCUT2D eigenvalue weighted by Gasteiger charge is 2.10. The van der Waals surface area contributed by atoms with Gasteiger partial charge in [0.25, 0.3) is 0 Å². The van der Waals surface area contributed by atoms with Crippen LogP contribution in [-0.4, -0.2) is 12.7 Å². The van der Waals surface area contributed by atoms with Crippen molar-refractivity contribution in [3.8, 4) is 0 Å². The molecule has 0 saturated carbocycles. The molecule has 0 saturated heterocycles. The van der Waals surface area contributed by atoms with Gasteiger partial charge in [0, 0.05) is 12.1 Å². The smallest absolute Gasteiger partial charge is 0.411 e. The fourth-order valence-electron chi connectivity index (χ4n) is 1.27. The normalized spacial score (nSPS) is 10.4. The fraction of sp³-hybridized carbons (Fsp3) is 0.417. The van der Waals surface area contributed by atoms with Crippen LogP contribution in [-0.2, 0) is 11.3 Å². The fourth-order valence-corrected chi connectivity index (χ4v) is 1.27. The number of ether oxygens (including phenoxy) is 1. The van der Waals surface area contributed by atoms with Crippen molar-refractivity contribution in [3.63, 3.8) is 0 Å². The Balaban J connectivity index is 2.68. The van der Waals surface area contributed by atoms with Gasteiger partial charge in [-0.15, -0.1) is 0 Å². The molecule has 0 unspecified atom stereocenters. The van der Waals surface area contributed by atoms with Crippen LogP contribution in [0, 0.1) is 11.7 Å². The molecule has 0 aromatic heterocycles. The summed E-state index contributed by atoms with van der Waals surface area (Å²) in [6.45, 7) is 4.20. The summed E-state index contributed by atoms with van der Waals surface area (Å²) in [4.78, 5) is 11.4. The van der Waals surface area contributed by atoms with Gasteiger partial charge in [-0.05, 0) is 18.1 Å². The van der Waals surface area contributed by atoms with E-state index >= 15 is 0 Å². The van der Waals surface area contributed by atoms with Gasteiger partial charge in [-0.25, -0.2) is 9.18 Å². The molecule has 1 aromatic carbocycles. The molecular formula is C12H17FN2O2. The third-order valence-corrected chi connectivity index (χ3v) is 2.11. The van der Waals surface area contributed by atoms with Crippen molar-refractivity contribution in [2.24, 2.45) is 11.7 Å². The molecule has 1 amide bonds. The zero-order valence-electron chi connectivity index (χ0n) is 10.00. The molecule has 0 aliphatic rings. The van der Waals surface area contributed by atoms with Crippen LogP contribution in [0.15, 0.2) is 18.2 Å². The van der Waals surface area contributed by atoms with Crippen LogP contribution >= 0.6 is 0 Å². The number of rotatable bonds is 4. The minimum Gasteiger partial charge on any atom is -0.449 e. The third-order valence-electron chi connectivity index (χ3n) is 2.11. The first-order chi connectivity index (χ1) is 8.04. The van der Waals surface area contributed by atoms with Crippen molar-refractivity contribution in [3.05, 3.63) is 29.6 Å². The average Bonchev–Trinajstić information content (AvgIpc) is 2.27. The van der Waals surface area contributed by atoms with Crippen LogP contribution in [0.2, 0.25) is 0 Å². The number of halogens is 1. The van der Waals surface area contributed by atoms with Crippen molar-refractivity contribution < 1.29 is 13.9 Å². The molecule has 0 spiro atoms. The minimum absolute atomic E-state index is 0.0203. The lowest BCUT2D eigenvalue weighted by molar-refractivity contribution is 0.147. The molecule has 94 valence electrons. The quantitative estimate of drug-likeness (QED) is 0.849. The lowest BCUT2D eigenvalue weighted by Gasteiger charge is -2.11. The number of hydrogen-bond donors (Lipinski definition) is 2. The van der Waals surface area contributed by atoms with E-state index in [4.69, 9.17) is 10.5 Å². The summed E-state index contributed by atoms with van der Waals surface area (Å²) in [5.41, 5.74) is 6.04. The monoisotopic (exact) mass is 240 g/mol. The van der Waals surface area contributed by atoms with E-state index in [1.54, 1.807) is 6.07 Å². The predicted octanol–water partition coefficient (Wildman–Crippen LogP) is 2.49. The molecule has 3 N–H and O–H groups in total. The van der Waals surface area contributed by atoms with E-state index in [1.165, 1.54) is 12.1 Å². The predicted molar refractivity (Wildman–Crippen MR) is 64.1 cm³/mol. The Morgan fingerprint density at radius 3 is 2.82 bits per heavy atom. The van der Waals surface area contributed by atoms with Gasteiger partial charge in [0.15, 0.2) is 0 Å². The molecule has 0 bridgehead atoms. The Bertz CT molecular complexity index is 394. The van der Waals surface area contributed by atoms with E-state index in [1.807, 2.05) is 13.8 Å². The van der Waals surface area contributed by atoms with Crippen molar-refractivity contribution in [2.45, 2.75) is 20.4 Å². The second-order valence-corrected chi connectivity index (χ2v) is 4.09. The molecule has 0 radical (unpaired) electrons. The largest absolute Gasteiger partial charge is 0.449 e. The van der Waals surface area contributed by atoms with E-state index in [2.05, 4.69) is 5.32 Å². The van der Waals surface area contributed by atoms with E-state index in [-0.39, 0.29) is 18.0 Å². The van der Waals surface area contributed by atoms with Gasteiger partial charge in [-0.3, -0.25) is 5.32 Å². The Hall–Kier alpha value is -1.62. The van der Waals surface area contributed by atoms with Gasteiger partial charge in [0.1, 0.15) is 5.82 Å². The lowest BCUT2D eigenvalue weighted by atomic mass is 10.1. The molecule has 0 atom stereocenters. The topological polar surface area (TPSA) is 64.3 Å².